The first-order chi connectivity index (χ1) is 9.94. The minimum Gasteiger partial charge on any atom is -0.334 e. The molecule has 0 aromatic rings. The van der Waals surface area contributed by atoms with Crippen LogP contribution in [0.15, 0.2) is 11.6 Å². The number of nitrogens with one attached hydrogen (secondary N) is 1. The van der Waals surface area contributed by atoms with Crippen molar-refractivity contribution in [1.29, 1.82) is 0 Å². The van der Waals surface area contributed by atoms with Crippen molar-refractivity contribution in [2.24, 2.45) is 5.92 Å². The number of carbonyl (C=O) groups excluding carboxylic acids is 1. The highest BCUT2D eigenvalue weighted by Gasteiger charge is 2.25. The smallest absolute Gasteiger partial charge is 0.317 e. The molecule has 0 unspecified atom stereocenters. The van der Waals surface area contributed by atoms with Crippen LogP contribution in [0, 0.1) is 5.92 Å². The molecule has 1 aliphatic heterocycles. The van der Waals surface area contributed by atoms with E-state index in [1.807, 2.05) is 4.90 Å². The van der Waals surface area contributed by atoms with Crippen LogP contribution < -0.4 is 5.32 Å². The molecular formula is C15H26N2O3S. The molecule has 0 radical (unpaired) electrons. The third kappa shape index (κ3) is 5.69. The quantitative estimate of drug-likeness (QED) is 0.807. The van der Waals surface area contributed by atoms with Gasteiger partial charge in [-0.25, -0.2) is 13.2 Å². The maximum absolute atomic E-state index is 12.1. The van der Waals surface area contributed by atoms with E-state index in [2.05, 4.69) is 11.4 Å². The number of rotatable bonds is 4. The second kappa shape index (κ2) is 7.29. The molecule has 0 bridgehead atoms. The third-order valence-electron chi connectivity index (χ3n) is 4.29. The predicted molar refractivity (Wildman–Crippen MR) is 84.0 cm³/mol. The van der Waals surface area contributed by atoms with Crippen molar-refractivity contribution in [3.05, 3.63) is 11.6 Å². The van der Waals surface area contributed by atoms with Crippen molar-refractivity contribution >= 4 is 15.9 Å². The van der Waals surface area contributed by atoms with E-state index in [4.69, 9.17) is 0 Å². The molecule has 2 aliphatic rings. The Kier molecular flexibility index (Phi) is 5.67. The van der Waals surface area contributed by atoms with Crippen LogP contribution >= 0.6 is 0 Å². The van der Waals surface area contributed by atoms with Crippen molar-refractivity contribution in [2.45, 2.75) is 38.5 Å². The summed E-state index contributed by atoms with van der Waals surface area (Å²) in [5.74, 6) is 0.445. The fraction of sp³-hybridized carbons (Fsp3) is 0.800. The Hall–Kier alpha value is -1.04. The Morgan fingerprint density at radius 2 is 2.05 bits per heavy atom. The van der Waals surface area contributed by atoms with Crippen molar-refractivity contribution in [1.82, 2.24) is 10.2 Å². The molecular weight excluding hydrogens is 288 g/mol. The van der Waals surface area contributed by atoms with Gasteiger partial charge in [-0.3, -0.25) is 0 Å². The molecule has 1 heterocycles. The summed E-state index contributed by atoms with van der Waals surface area (Å²) < 4.78 is 22.6. The zero-order chi connectivity index (χ0) is 15.3. The number of hydrogen-bond acceptors (Lipinski definition) is 3. The van der Waals surface area contributed by atoms with E-state index in [0.717, 1.165) is 25.7 Å². The van der Waals surface area contributed by atoms with Crippen LogP contribution in [0.2, 0.25) is 0 Å². The summed E-state index contributed by atoms with van der Waals surface area (Å²) in [6.07, 6.45) is 9.78. The molecule has 0 saturated carbocycles. The largest absolute Gasteiger partial charge is 0.334 e. The summed E-state index contributed by atoms with van der Waals surface area (Å²) in [6.45, 7) is 1.97. The molecule has 2 amide bonds. The number of hydrogen-bond donors (Lipinski definition) is 1. The Balaban J connectivity index is 1.71. The Morgan fingerprint density at radius 3 is 2.62 bits per heavy atom. The van der Waals surface area contributed by atoms with Crippen LogP contribution in [-0.4, -0.2) is 51.0 Å². The molecule has 0 aromatic carbocycles. The SMILES string of the molecule is CS(=O)(=O)CC1CCN(C(=O)NCC2=CCCCC2)CC1. The van der Waals surface area contributed by atoms with Gasteiger partial charge in [-0.15, -0.1) is 0 Å². The number of likely N-dealkylation sites (tertiary alicyclic amines) is 1. The number of sulfone groups is 1. The number of urea groups is 1. The zero-order valence-corrected chi connectivity index (χ0v) is 13.6. The molecule has 1 N–H and O–H groups in total. The average Bonchev–Trinajstić information content (AvgIpc) is 2.45. The van der Waals surface area contributed by atoms with Crippen molar-refractivity contribution in [2.75, 3.05) is 31.6 Å². The molecule has 1 fully saturated rings. The summed E-state index contributed by atoms with van der Waals surface area (Å²) in [4.78, 5) is 13.9. The topological polar surface area (TPSA) is 66.5 Å². The molecule has 21 heavy (non-hydrogen) atoms. The van der Waals surface area contributed by atoms with Gasteiger partial charge in [0.05, 0.1) is 5.75 Å². The van der Waals surface area contributed by atoms with Crippen LogP contribution in [-0.2, 0) is 9.84 Å². The normalized spacial score (nSPS) is 21.0. The van der Waals surface area contributed by atoms with Gasteiger partial charge >= 0.3 is 6.03 Å². The van der Waals surface area contributed by atoms with Gasteiger partial charge in [-0.05, 0) is 44.4 Å². The minimum absolute atomic E-state index is 0.0146. The van der Waals surface area contributed by atoms with E-state index in [1.165, 1.54) is 24.7 Å². The summed E-state index contributed by atoms with van der Waals surface area (Å²) in [6, 6.07) is -0.0146. The van der Waals surface area contributed by atoms with E-state index >= 15 is 0 Å². The molecule has 0 spiro atoms. The van der Waals surface area contributed by atoms with Gasteiger partial charge in [0.15, 0.2) is 0 Å². The standard InChI is InChI=1S/C15H26N2O3S/c1-21(19,20)12-14-7-9-17(10-8-14)15(18)16-11-13-5-3-2-4-6-13/h5,14H,2-4,6-12H2,1H3,(H,16,18). The number of amides is 2. The lowest BCUT2D eigenvalue weighted by Crippen LogP contribution is -2.45. The van der Waals surface area contributed by atoms with Crippen LogP contribution in [0.1, 0.15) is 38.5 Å². The first kappa shape index (κ1) is 16.3. The van der Waals surface area contributed by atoms with E-state index in [0.29, 0.717) is 19.6 Å². The van der Waals surface area contributed by atoms with Gasteiger partial charge in [-0.2, -0.15) is 0 Å². The first-order valence-electron chi connectivity index (χ1n) is 7.82. The maximum atomic E-state index is 12.1. The minimum atomic E-state index is -2.91. The van der Waals surface area contributed by atoms with Gasteiger partial charge in [-0.1, -0.05) is 11.6 Å². The van der Waals surface area contributed by atoms with Crippen LogP contribution in [0.25, 0.3) is 0 Å². The van der Waals surface area contributed by atoms with Crippen LogP contribution in [0.4, 0.5) is 4.79 Å². The van der Waals surface area contributed by atoms with Gasteiger partial charge in [0, 0.05) is 25.9 Å². The number of carbonyl (C=O) groups is 1. The third-order valence-corrected chi connectivity index (χ3v) is 5.37. The highest BCUT2D eigenvalue weighted by molar-refractivity contribution is 7.90. The van der Waals surface area contributed by atoms with Gasteiger partial charge < -0.3 is 10.2 Å². The summed E-state index contributed by atoms with van der Waals surface area (Å²) in [5.41, 5.74) is 1.33. The van der Waals surface area contributed by atoms with E-state index in [1.54, 1.807) is 0 Å². The molecule has 6 heteroatoms. The molecule has 0 aromatic heterocycles. The Bertz CT molecular complexity index is 491. The Labute approximate surface area is 127 Å². The molecule has 1 aliphatic carbocycles. The number of nitrogens with zero attached hydrogens (tertiary/aromatic N) is 1. The van der Waals surface area contributed by atoms with Gasteiger partial charge in [0.25, 0.3) is 0 Å². The van der Waals surface area contributed by atoms with Gasteiger partial charge in [0.1, 0.15) is 9.84 Å². The van der Waals surface area contributed by atoms with E-state index < -0.39 is 9.84 Å². The molecule has 5 nitrogen and oxygen atoms in total. The highest BCUT2D eigenvalue weighted by Crippen LogP contribution is 2.19. The lowest BCUT2D eigenvalue weighted by molar-refractivity contribution is 0.175. The number of piperidine rings is 1. The van der Waals surface area contributed by atoms with Crippen LogP contribution in [0.5, 0.6) is 0 Å². The summed E-state index contributed by atoms with van der Waals surface area (Å²) >= 11 is 0. The lowest BCUT2D eigenvalue weighted by atomic mass is 9.99. The van der Waals surface area contributed by atoms with Gasteiger partial charge in [0.2, 0.25) is 0 Å². The monoisotopic (exact) mass is 314 g/mol. The first-order valence-corrected chi connectivity index (χ1v) is 9.88. The van der Waals surface area contributed by atoms with E-state index in [9.17, 15) is 13.2 Å². The van der Waals surface area contributed by atoms with Crippen molar-refractivity contribution in [3.8, 4) is 0 Å². The summed E-state index contributed by atoms with van der Waals surface area (Å²) in [7, 11) is -2.91. The predicted octanol–water partition coefficient (Wildman–Crippen LogP) is 1.95. The van der Waals surface area contributed by atoms with Crippen LogP contribution in [0.3, 0.4) is 0 Å². The lowest BCUT2D eigenvalue weighted by Gasteiger charge is -2.31. The van der Waals surface area contributed by atoms with Crippen molar-refractivity contribution in [3.63, 3.8) is 0 Å². The zero-order valence-electron chi connectivity index (χ0n) is 12.8. The van der Waals surface area contributed by atoms with Crippen molar-refractivity contribution < 1.29 is 13.2 Å². The van der Waals surface area contributed by atoms with E-state index in [-0.39, 0.29) is 17.7 Å². The highest BCUT2D eigenvalue weighted by atomic mass is 32.2. The second-order valence-electron chi connectivity index (χ2n) is 6.29. The summed E-state index contributed by atoms with van der Waals surface area (Å²) in [5, 5.41) is 2.99. The number of allylic oxidation sites excluding steroid dienone is 1. The fourth-order valence-corrected chi connectivity index (χ4v) is 4.29. The molecule has 0 atom stereocenters. The average molecular weight is 314 g/mol. The maximum Gasteiger partial charge on any atom is 0.317 e. The fourth-order valence-electron chi connectivity index (χ4n) is 3.10. The molecule has 1 saturated heterocycles. The molecule has 120 valence electrons. The molecule has 2 rings (SSSR count). The Morgan fingerprint density at radius 1 is 1.33 bits per heavy atom. The second-order valence-corrected chi connectivity index (χ2v) is 8.47.